The van der Waals surface area contributed by atoms with Crippen LogP contribution in [0, 0.1) is 5.41 Å². The third-order valence-electron chi connectivity index (χ3n) is 4.19. The third kappa shape index (κ3) is 13.7. The Balaban J connectivity index is 2.80. The monoisotopic (exact) mass is 541 g/mol. The summed E-state index contributed by atoms with van der Waals surface area (Å²) >= 11 is 0. The minimum Gasteiger partial charge on any atom is -0.458 e. The Morgan fingerprint density at radius 3 is 1.87 bits per heavy atom. The van der Waals surface area contributed by atoms with Gasteiger partial charge in [-0.15, -0.1) is 0 Å². The standard InChI is InChI=1S/C26H39NO11/c1-15(2)34-24(30)37-20-10-9-18(12-21(20)38-25(31)35-16(3)4)11-19(27)22(28)36-17(5)13-32-23(29)33-14-26(6,7)8/h9-10,12,15-17,19H,11,13-14,27H2,1-8H3/t17-,19-/m0/s1. The van der Waals surface area contributed by atoms with Gasteiger partial charge in [-0.05, 0) is 64.2 Å². The number of carbonyl (C=O) groups excluding carboxylic acids is 4. The van der Waals surface area contributed by atoms with E-state index >= 15 is 0 Å². The van der Waals surface area contributed by atoms with Crippen LogP contribution in [0.3, 0.4) is 0 Å². The van der Waals surface area contributed by atoms with Crippen LogP contribution < -0.4 is 15.2 Å². The fourth-order valence-corrected chi connectivity index (χ4v) is 2.62. The quantitative estimate of drug-likeness (QED) is 0.237. The number of nitrogens with two attached hydrogens (primary N) is 1. The van der Waals surface area contributed by atoms with Crippen LogP contribution in [0.15, 0.2) is 18.2 Å². The highest BCUT2D eigenvalue weighted by Crippen LogP contribution is 2.30. The molecule has 0 unspecified atom stereocenters. The molecule has 0 aliphatic heterocycles. The number of carbonyl (C=O) groups is 4. The molecule has 0 aromatic heterocycles. The lowest BCUT2D eigenvalue weighted by atomic mass is 9.99. The van der Waals surface area contributed by atoms with Gasteiger partial charge < -0.3 is 38.9 Å². The minimum absolute atomic E-state index is 0.00760. The summed E-state index contributed by atoms with van der Waals surface area (Å²) < 4.78 is 35.4. The van der Waals surface area contributed by atoms with Crippen molar-refractivity contribution in [1.29, 1.82) is 0 Å². The van der Waals surface area contributed by atoms with E-state index in [1.54, 1.807) is 27.7 Å². The molecular weight excluding hydrogens is 502 g/mol. The SMILES string of the molecule is CC(C)OC(=O)Oc1ccc(C[C@H](N)C(=O)O[C@@H](C)COC(=O)OCC(C)(C)C)cc1OC(=O)OC(C)C. The maximum absolute atomic E-state index is 12.4. The number of benzene rings is 1. The molecule has 1 aromatic carbocycles. The Kier molecular flexibility index (Phi) is 12.8. The summed E-state index contributed by atoms with van der Waals surface area (Å²) in [5, 5.41) is 0. The lowest BCUT2D eigenvalue weighted by molar-refractivity contribution is -0.152. The van der Waals surface area contributed by atoms with Gasteiger partial charge in [-0.2, -0.15) is 0 Å². The molecule has 0 radical (unpaired) electrons. The lowest BCUT2D eigenvalue weighted by Crippen LogP contribution is -2.37. The highest BCUT2D eigenvalue weighted by molar-refractivity contribution is 5.76. The molecule has 1 aromatic rings. The molecule has 38 heavy (non-hydrogen) atoms. The van der Waals surface area contributed by atoms with Crippen LogP contribution in [-0.2, 0) is 34.9 Å². The zero-order valence-electron chi connectivity index (χ0n) is 23.2. The van der Waals surface area contributed by atoms with Crippen LogP contribution in [-0.4, -0.2) is 62.0 Å². The van der Waals surface area contributed by atoms with E-state index in [1.165, 1.54) is 25.1 Å². The second kappa shape index (κ2) is 15.0. The van der Waals surface area contributed by atoms with Gasteiger partial charge in [0, 0.05) is 0 Å². The van der Waals surface area contributed by atoms with E-state index < -0.39 is 48.8 Å². The first kappa shape index (κ1) is 32.5. The molecule has 0 saturated heterocycles. The Bertz CT molecular complexity index is 953. The number of esters is 1. The summed E-state index contributed by atoms with van der Waals surface area (Å²) in [6.07, 6.45) is -4.53. The molecule has 0 aliphatic carbocycles. The summed E-state index contributed by atoms with van der Waals surface area (Å²) in [4.78, 5) is 48.1. The second-order valence-corrected chi connectivity index (χ2v) is 10.3. The van der Waals surface area contributed by atoms with Gasteiger partial charge in [0.1, 0.15) is 18.8 Å². The van der Waals surface area contributed by atoms with Gasteiger partial charge in [-0.25, -0.2) is 14.4 Å². The first-order valence-corrected chi connectivity index (χ1v) is 12.2. The van der Waals surface area contributed by atoms with Crippen molar-refractivity contribution in [3.63, 3.8) is 0 Å². The fraction of sp³-hybridized carbons (Fsp3) is 0.615. The molecule has 0 spiro atoms. The maximum Gasteiger partial charge on any atom is 0.514 e. The smallest absolute Gasteiger partial charge is 0.458 e. The Morgan fingerprint density at radius 2 is 1.34 bits per heavy atom. The zero-order valence-corrected chi connectivity index (χ0v) is 23.2. The maximum atomic E-state index is 12.4. The summed E-state index contributed by atoms with van der Waals surface area (Å²) in [6, 6.07) is 3.18. The number of hydrogen-bond acceptors (Lipinski definition) is 12. The van der Waals surface area contributed by atoms with E-state index in [-0.39, 0.29) is 36.5 Å². The molecule has 214 valence electrons. The molecule has 0 amide bonds. The summed E-state index contributed by atoms with van der Waals surface area (Å²) in [5.41, 5.74) is 6.25. The average molecular weight is 542 g/mol. The van der Waals surface area contributed by atoms with Crippen LogP contribution in [0.25, 0.3) is 0 Å². The first-order valence-electron chi connectivity index (χ1n) is 12.2. The zero-order chi connectivity index (χ0) is 29.0. The number of ether oxygens (including phenoxy) is 7. The number of rotatable bonds is 11. The highest BCUT2D eigenvalue weighted by Gasteiger charge is 2.23. The van der Waals surface area contributed by atoms with Crippen LogP contribution in [0.5, 0.6) is 11.5 Å². The Hall–Kier alpha value is -3.54. The molecule has 0 aliphatic rings. The van der Waals surface area contributed by atoms with Crippen LogP contribution in [0.1, 0.15) is 61.0 Å². The fourth-order valence-electron chi connectivity index (χ4n) is 2.62. The minimum atomic E-state index is -1.10. The molecule has 1 rings (SSSR count). The van der Waals surface area contributed by atoms with Crippen molar-refractivity contribution in [3.8, 4) is 11.5 Å². The van der Waals surface area contributed by atoms with E-state index in [4.69, 9.17) is 38.9 Å². The second-order valence-electron chi connectivity index (χ2n) is 10.3. The predicted molar refractivity (Wildman–Crippen MR) is 135 cm³/mol. The predicted octanol–water partition coefficient (Wildman–Crippen LogP) is 4.54. The molecule has 12 heteroatoms. The van der Waals surface area contributed by atoms with E-state index in [1.807, 2.05) is 20.8 Å². The molecule has 2 N–H and O–H groups in total. The van der Waals surface area contributed by atoms with Gasteiger partial charge in [0.2, 0.25) is 0 Å². The van der Waals surface area contributed by atoms with Crippen molar-refractivity contribution in [2.45, 2.75) is 86.2 Å². The molecule has 0 fully saturated rings. The van der Waals surface area contributed by atoms with Crippen molar-refractivity contribution >= 4 is 24.4 Å². The largest absolute Gasteiger partial charge is 0.514 e. The van der Waals surface area contributed by atoms with Gasteiger partial charge in [-0.1, -0.05) is 26.8 Å². The Labute approximate surface area is 223 Å². The van der Waals surface area contributed by atoms with Gasteiger partial charge in [-0.3, -0.25) is 4.79 Å². The van der Waals surface area contributed by atoms with Crippen molar-refractivity contribution in [2.24, 2.45) is 11.1 Å². The van der Waals surface area contributed by atoms with Gasteiger partial charge in [0.05, 0.1) is 18.8 Å². The summed E-state index contributed by atoms with van der Waals surface area (Å²) in [6.45, 7) is 13.8. The van der Waals surface area contributed by atoms with E-state index in [0.717, 1.165) is 0 Å². The van der Waals surface area contributed by atoms with Crippen molar-refractivity contribution in [1.82, 2.24) is 0 Å². The summed E-state index contributed by atoms with van der Waals surface area (Å²) in [5.74, 6) is -0.975. The molecule has 0 saturated carbocycles. The van der Waals surface area contributed by atoms with Crippen LogP contribution >= 0.6 is 0 Å². The molecule has 12 nitrogen and oxygen atoms in total. The van der Waals surface area contributed by atoms with Crippen LogP contribution in [0.2, 0.25) is 0 Å². The molecule has 2 atom stereocenters. The van der Waals surface area contributed by atoms with Gasteiger partial charge in [0.15, 0.2) is 11.5 Å². The van der Waals surface area contributed by atoms with Crippen molar-refractivity contribution in [2.75, 3.05) is 13.2 Å². The topological polar surface area (TPSA) is 159 Å². The van der Waals surface area contributed by atoms with Gasteiger partial charge >= 0.3 is 24.4 Å². The molecule has 0 heterocycles. The Morgan fingerprint density at radius 1 is 0.789 bits per heavy atom. The van der Waals surface area contributed by atoms with Crippen molar-refractivity contribution in [3.05, 3.63) is 23.8 Å². The lowest BCUT2D eigenvalue weighted by Gasteiger charge is -2.19. The first-order chi connectivity index (χ1) is 17.6. The van der Waals surface area contributed by atoms with Crippen molar-refractivity contribution < 1.29 is 52.3 Å². The normalized spacial score (nSPS) is 12.8. The average Bonchev–Trinajstić information content (AvgIpc) is 2.76. The molecular formula is C26H39NO11. The van der Waals surface area contributed by atoms with E-state index in [9.17, 15) is 19.2 Å². The van der Waals surface area contributed by atoms with E-state index in [2.05, 4.69) is 0 Å². The van der Waals surface area contributed by atoms with E-state index in [0.29, 0.717) is 5.56 Å². The highest BCUT2D eigenvalue weighted by atomic mass is 16.8. The van der Waals surface area contributed by atoms with Gasteiger partial charge in [0.25, 0.3) is 0 Å². The third-order valence-corrected chi connectivity index (χ3v) is 4.19. The molecule has 0 bridgehead atoms. The summed E-state index contributed by atoms with van der Waals surface area (Å²) in [7, 11) is 0. The number of hydrogen-bond donors (Lipinski definition) is 1. The van der Waals surface area contributed by atoms with Crippen LogP contribution in [0.4, 0.5) is 14.4 Å².